The molecule has 170 valence electrons. The first-order valence-corrected chi connectivity index (χ1v) is 10.6. The molecule has 4 rings (SSSR count). The average molecular weight is 447 g/mol. The number of hydrogen-bond acceptors (Lipinski definition) is 9. The highest BCUT2D eigenvalue weighted by molar-refractivity contribution is 5.91. The minimum Gasteiger partial charge on any atom is -0.418 e. The van der Waals surface area contributed by atoms with Crippen LogP contribution in [-0.2, 0) is 18.9 Å². The number of benzene rings is 1. The smallest absolute Gasteiger partial charge is 0.284 e. The lowest BCUT2D eigenvalue weighted by Gasteiger charge is -2.11. The molecule has 0 atom stereocenters. The Bertz CT molecular complexity index is 1290. The summed E-state index contributed by atoms with van der Waals surface area (Å²) in [6.45, 7) is 7.89. The van der Waals surface area contributed by atoms with E-state index in [0.29, 0.717) is 24.1 Å². The topological polar surface area (TPSA) is 125 Å². The first-order chi connectivity index (χ1) is 15.7. The largest absolute Gasteiger partial charge is 0.418 e. The minimum absolute atomic E-state index is 0.0630. The molecule has 33 heavy (non-hydrogen) atoms. The van der Waals surface area contributed by atoms with Crippen molar-refractivity contribution in [2.75, 3.05) is 5.32 Å². The lowest BCUT2D eigenvalue weighted by molar-refractivity contribution is 0.0946. The third-order valence-corrected chi connectivity index (χ3v) is 5.06. The summed E-state index contributed by atoms with van der Waals surface area (Å²) in [5, 5.41) is 15.1. The van der Waals surface area contributed by atoms with Crippen molar-refractivity contribution in [3.63, 3.8) is 0 Å². The zero-order valence-corrected chi connectivity index (χ0v) is 19.3. The van der Waals surface area contributed by atoms with Gasteiger partial charge in [-0.15, -0.1) is 10.2 Å². The summed E-state index contributed by atoms with van der Waals surface area (Å²) < 4.78 is 7.25. The summed E-state index contributed by atoms with van der Waals surface area (Å²) in [6.07, 6.45) is 5.86. The highest BCUT2D eigenvalue weighted by Crippen LogP contribution is 2.23. The number of carbonyl (C=O) groups excluding carboxylic acids is 1. The molecule has 0 amide bonds. The fraction of sp³-hybridized carbons (Fsp3) is 0.348. The third kappa shape index (κ3) is 5.28. The van der Waals surface area contributed by atoms with Crippen LogP contribution in [0.15, 0.2) is 41.3 Å². The van der Waals surface area contributed by atoms with Crippen molar-refractivity contribution in [3.8, 4) is 11.4 Å². The Kier molecular flexibility index (Phi) is 5.99. The number of ketones is 1. The van der Waals surface area contributed by atoms with Gasteiger partial charge in [-0.3, -0.25) is 9.48 Å². The molecular formula is C23H26N8O2. The maximum absolute atomic E-state index is 12.5. The van der Waals surface area contributed by atoms with Crippen LogP contribution in [0.2, 0.25) is 0 Å². The van der Waals surface area contributed by atoms with Gasteiger partial charge in [0.05, 0.1) is 11.9 Å². The molecule has 0 bridgehead atoms. The molecule has 0 aliphatic heterocycles. The molecule has 3 aromatic heterocycles. The number of aromatic nitrogens is 7. The van der Waals surface area contributed by atoms with E-state index in [9.17, 15) is 4.79 Å². The van der Waals surface area contributed by atoms with E-state index in [1.165, 1.54) is 6.33 Å². The molecule has 0 radical (unpaired) electrons. The normalized spacial score (nSPS) is 11.5. The van der Waals surface area contributed by atoms with Crippen LogP contribution in [0.1, 0.15) is 54.9 Å². The van der Waals surface area contributed by atoms with Crippen LogP contribution in [0.5, 0.6) is 0 Å². The molecule has 0 spiro atoms. The zero-order chi connectivity index (χ0) is 23.6. The number of anilines is 2. The minimum atomic E-state index is -0.291. The maximum Gasteiger partial charge on any atom is 0.284 e. The molecule has 0 saturated carbocycles. The van der Waals surface area contributed by atoms with Crippen molar-refractivity contribution < 1.29 is 9.21 Å². The van der Waals surface area contributed by atoms with Crippen LogP contribution in [0.4, 0.5) is 11.6 Å². The number of aryl methyl sites for hydroxylation is 3. The number of nitrogens with zero attached hydrogens (tertiary/aromatic N) is 7. The molecule has 10 heteroatoms. The summed E-state index contributed by atoms with van der Waals surface area (Å²) in [5.74, 6) is 1.36. The first kappa shape index (κ1) is 22.3. The summed E-state index contributed by atoms with van der Waals surface area (Å²) in [4.78, 5) is 25.5. The Morgan fingerprint density at radius 1 is 1.18 bits per heavy atom. The van der Waals surface area contributed by atoms with Gasteiger partial charge < -0.3 is 9.73 Å². The number of nitrogens with one attached hydrogen (secondary N) is 1. The SMILES string of the molecule is Cc1cc(-c2ncnc(Nc3cnn(C)c3)n2)ccc1CCC(=O)c1nnc(C(C)(C)C)o1. The Morgan fingerprint density at radius 2 is 2.00 bits per heavy atom. The van der Waals surface area contributed by atoms with Gasteiger partial charge in [0.2, 0.25) is 17.6 Å². The molecule has 0 aliphatic carbocycles. The summed E-state index contributed by atoms with van der Waals surface area (Å²) in [5.41, 5.74) is 3.47. The van der Waals surface area contributed by atoms with E-state index in [0.717, 1.165) is 22.4 Å². The molecule has 1 aromatic carbocycles. The molecular weight excluding hydrogens is 420 g/mol. The lowest BCUT2D eigenvalue weighted by atomic mass is 9.97. The fourth-order valence-electron chi connectivity index (χ4n) is 3.22. The Morgan fingerprint density at radius 3 is 2.67 bits per heavy atom. The van der Waals surface area contributed by atoms with Gasteiger partial charge >= 0.3 is 0 Å². The molecule has 1 N–H and O–H groups in total. The van der Waals surface area contributed by atoms with Gasteiger partial charge in [-0.2, -0.15) is 10.1 Å². The lowest BCUT2D eigenvalue weighted by Crippen LogP contribution is -2.11. The van der Waals surface area contributed by atoms with E-state index in [-0.39, 0.29) is 23.5 Å². The third-order valence-electron chi connectivity index (χ3n) is 5.06. The van der Waals surface area contributed by atoms with E-state index in [1.54, 1.807) is 10.9 Å². The second-order valence-electron chi connectivity index (χ2n) is 8.89. The van der Waals surface area contributed by atoms with Crippen molar-refractivity contribution in [1.82, 2.24) is 34.9 Å². The molecule has 4 aromatic rings. The van der Waals surface area contributed by atoms with Crippen LogP contribution >= 0.6 is 0 Å². The summed E-state index contributed by atoms with van der Waals surface area (Å²) in [7, 11) is 1.84. The Labute approximate surface area is 191 Å². The van der Waals surface area contributed by atoms with Crippen LogP contribution in [0.3, 0.4) is 0 Å². The van der Waals surface area contributed by atoms with Crippen molar-refractivity contribution in [2.24, 2.45) is 7.05 Å². The van der Waals surface area contributed by atoms with Gasteiger partial charge in [0.25, 0.3) is 5.89 Å². The Balaban J connectivity index is 1.43. The molecule has 10 nitrogen and oxygen atoms in total. The molecule has 0 saturated heterocycles. The first-order valence-electron chi connectivity index (χ1n) is 10.6. The predicted octanol–water partition coefficient (Wildman–Crippen LogP) is 3.82. The van der Waals surface area contributed by atoms with Crippen LogP contribution < -0.4 is 5.32 Å². The van der Waals surface area contributed by atoms with Gasteiger partial charge in [-0.05, 0) is 30.5 Å². The number of carbonyl (C=O) groups is 1. The van der Waals surface area contributed by atoms with Crippen molar-refractivity contribution >= 4 is 17.4 Å². The highest BCUT2D eigenvalue weighted by Gasteiger charge is 2.23. The molecule has 3 heterocycles. The van der Waals surface area contributed by atoms with E-state index in [2.05, 4.69) is 35.6 Å². The Hall–Kier alpha value is -3.95. The van der Waals surface area contributed by atoms with Gasteiger partial charge in [-0.1, -0.05) is 32.9 Å². The predicted molar refractivity (Wildman–Crippen MR) is 122 cm³/mol. The van der Waals surface area contributed by atoms with Gasteiger partial charge in [-0.25, -0.2) is 9.97 Å². The summed E-state index contributed by atoms with van der Waals surface area (Å²) in [6, 6.07) is 5.94. The van der Waals surface area contributed by atoms with Gasteiger partial charge in [0.15, 0.2) is 5.82 Å². The monoisotopic (exact) mass is 446 g/mol. The fourth-order valence-corrected chi connectivity index (χ4v) is 3.22. The maximum atomic E-state index is 12.5. The molecule has 0 unspecified atom stereocenters. The summed E-state index contributed by atoms with van der Waals surface area (Å²) >= 11 is 0. The van der Waals surface area contributed by atoms with Crippen LogP contribution in [0.25, 0.3) is 11.4 Å². The highest BCUT2D eigenvalue weighted by atomic mass is 16.4. The van der Waals surface area contributed by atoms with Crippen LogP contribution in [0, 0.1) is 6.92 Å². The van der Waals surface area contributed by atoms with Gasteiger partial charge in [0.1, 0.15) is 6.33 Å². The van der Waals surface area contributed by atoms with Crippen LogP contribution in [-0.4, -0.2) is 40.7 Å². The van der Waals surface area contributed by atoms with Crippen molar-refractivity contribution in [3.05, 3.63) is 59.8 Å². The number of hydrogen-bond donors (Lipinski definition) is 1. The second kappa shape index (κ2) is 8.89. The quantitative estimate of drug-likeness (QED) is 0.422. The van der Waals surface area contributed by atoms with E-state index in [4.69, 9.17) is 4.42 Å². The van der Waals surface area contributed by atoms with Gasteiger partial charge in [0, 0.05) is 30.6 Å². The molecule has 0 aliphatic rings. The standard InChI is InChI=1S/C23H26N8O2/c1-14-10-16(19-24-13-25-22(28-19)27-17-11-26-31(5)12-17)7-6-15(14)8-9-18(32)20-29-30-21(33-20)23(2,3)4/h6-7,10-13H,8-9H2,1-5H3,(H,24,25,27,28). The number of rotatable bonds is 7. The van der Waals surface area contributed by atoms with E-state index >= 15 is 0 Å². The van der Waals surface area contributed by atoms with E-state index in [1.807, 2.05) is 59.1 Å². The van der Waals surface area contributed by atoms with Crippen molar-refractivity contribution in [2.45, 2.75) is 46.0 Å². The average Bonchev–Trinajstić information content (AvgIpc) is 3.42. The van der Waals surface area contributed by atoms with Crippen molar-refractivity contribution in [1.29, 1.82) is 0 Å². The van der Waals surface area contributed by atoms with E-state index < -0.39 is 0 Å². The molecule has 0 fully saturated rings. The number of Topliss-reactive ketones (excluding diaryl/α,β-unsaturated/α-hetero) is 1. The zero-order valence-electron chi connectivity index (χ0n) is 19.3. The second-order valence-corrected chi connectivity index (χ2v) is 8.89.